The normalized spacial score (nSPS) is 14.9. The quantitative estimate of drug-likeness (QED) is 0.909. The van der Waals surface area contributed by atoms with E-state index in [1.165, 1.54) is 0 Å². The maximum atomic E-state index is 12.1. The molecule has 0 aromatic heterocycles. The largest absolute Gasteiger partial charge is 0.368 e. The third-order valence-corrected chi connectivity index (χ3v) is 3.67. The van der Waals surface area contributed by atoms with Gasteiger partial charge in [0.2, 0.25) is 5.91 Å². The van der Waals surface area contributed by atoms with E-state index in [1.807, 2.05) is 32.0 Å². The van der Waals surface area contributed by atoms with Gasteiger partial charge < -0.3 is 15.0 Å². The van der Waals surface area contributed by atoms with E-state index in [0.29, 0.717) is 19.1 Å². The van der Waals surface area contributed by atoms with Crippen molar-refractivity contribution in [2.24, 2.45) is 5.92 Å². The summed E-state index contributed by atoms with van der Waals surface area (Å²) in [6.07, 6.45) is 0.335. The molecule has 0 saturated heterocycles. The van der Waals surface area contributed by atoms with Gasteiger partial charge in [0.15, 0.2) is 0 Å². The highest BCUT2D eigenvalue weighted by molar-refractivity contribution is 5.96. The molecule has 1 aromatic rings. The summed E-state index contributed by atoms with van der Waals surface area (Å²) in [5, 5.41) is 2.87. The SMILES string of the molecule is CC(=O)N1CCc2cc(NC(=O)C(C)OCC(C)C)ccc21. The van der Waals surface area contributed by atoms with Crippen molar-refractivity contribution in [3.05, 3.63) is 23.8 Å². The maximum absolute atomic E-state index is 12.1. The van der Waals surface area contributed by atoms with Crippen molar-refractivity contribution in [1.29, 1.82) is 0 Å². The highest BCUT2D eigenvalue weighted by atomic mass is 16.5. The fourth-order valence-electron chi connectivity index (χ4n) is 2.46. The van der Waals surface area contributed by atoms with Crippen molar-refractivity contribution in [1.82, 2.24) is 0 Å². The molecular weight excluding hydrogens is 280 g/mol. The Hall–Kier alpha value is -1.88. The van der Waals surface area contributed by atoms with E-state index in [1.54, 1.807) is 18.7 Å². The Morgan fingerprint density at radius 2 is 2.05 bits per heavy atom. The Morgan fingerprint density at radius 1 is 1.32 bits per heavy atom. The van der Waals surface area contributed by atoms with Gasteiger partial charge in [-0.1, -0.05) is 13.8 Å². The van der Waals surface area contributed by atoms with E-state index in [4.69, 9.17) is 4.74 Å². The van der Waals surface area contributed by atoms with Crippen LogP contribution in [0.4, 0.5) is 11.4 Å². The number of ether oxygens (including phenoxy) is 1. The molecule has 22 heavy (non-hydrogen) atoms. The molecule has 5 nitrogen and oxygen atoms in total. The van der Waals surface area contributed by atoms with Crippen LogP contribution in [0.3, 0.4) is 0 Å². The molecule has 2 amide bonds. The molecule has 1 N–H and O–H groups in total. The number of rotatable bonds is 5. The second kappa shape index (κ2) is 6.92. The highest BCUT2D eigenvalue weighted by Crippen LogP contribution is 2.30. The molecule has 0 bridgehead atoms. The second-order valence-electron chi connectivity index (χ2n) is 6.12. The van der Waals surface area contributed by atoms with Gasteiger partial charge in [0.1, 0.15) is 6.10 Å². The summed E-state index contributed by atoms with van der Waals surface area (Å²) in [4.78, 5) is 25.4. The summed E-state index contributed by atoms with van der Waals surface area (Å²) in [7, 11) is 0. The third kappa shape index (κ3) is 3.85. The van der Waals surface area contributed by atoms with Crippen LogP contribution in [0, 0.1) is 5.92 Å². The number of amides is 2. The van der Waals surface area contributed by atoms with Crippen LogP contribution in [-0.4, -0.2) is 31.1 Å². The predicted molar refractivity (Wildman–Crippen MR) is 87.1 cm³/mol. The van der Waals surface area contributed by atoms with Gasteiger partial charge in [0.25, 0.3) is 5.91 Å². The van der Waals surface area contributed by atoms with Crippen LogP contribution in [0.5, 0.6) is 0 Å². The van der Waals surface area contributed by atoms with E-state index in [9.17, 15) is 9.59 Å². The van der Waals surface area contributed by atoms with Crippen LogP contribution in [0.1, 0.15) is 33.3 Å². The molecule has 0 spiro atoms. The van der Waals surface area contributed by atoms with Gasteiger partial charge in [-0.3, -0.25) is 9.59 Å². The van der Waals surface area contributed by atoms with Crippen LogP contribution < -0.4 is 10.2 Å². The number of carbonyl (C=O) groups is 2. The van der Waals surface area contributed by atoms with Crippen LogP contribution in [0.25, 0.3) is 0 Å². The van der Waals surface area contributed by atoms with E-state index in [0.717, 1.165) is 23.4 Å². The average molecular weight is 304 g/mol. The first-order valence-corrected chi connectivity index (χ1v) is 7.72. The Kier molecular flexibility index (Phi) is 5.19. The van der Waals surface area contributed by atoms with E-state index in [-0.39, 0.29) is 11.8 Å². The molecule has 0 radical (unpaired) electrons. The van der Waals surface area contributed by atoms with Crippen molar-refractivity contribution in [3.8, 4) is 0 Å². The maximum Gasteiger partial charge on any atom is 0.253 e. The summed E-state index contributed by atoms with van der Waals surface area (Å²) < 4.78 is 5.51. The van der Waals surface area contributed by atoms with E-state index >= 15 is 0 Å². The van der Waals surface area contributed by atoms with Crippen molar-refractivity contribution in [3.63, 3.8) is 0 Å². The van der Waals surface area contributed by atoms with Crippen molar-refractivity contribution in [2.75, 3.05) is 23.4 Å². The average Bonchev–Trinajstić information content (AvgIpc) is 2.87. The van der Waals surface area contributed by atoms with E-state index < -0.39 is 6.10 Å². The second-order valence-corrected chi connectivity index (χ2v) is 6.12. The van der Waals surface area contributed by atoms with E-state index in [2.05, 4.69) is 5.32 Å². The number of benzene rings is 1. The standard InChI is InChI=1S/C17H24N2O3/c1-11(2)10-22-12(3)17(21)18-15-5-6-16-14(9-15)7-8-19(16)13(4)20/h5-6,9,11-12H,7-8,10H2,1-4H3,(H,18,21). The lowest BCUT2D eigenvalue weighted by molar-refractivity contribution is -0.127. The van der Waals surface area contributed by atoms with Crippen LogP contribution >= 0.6 is 0 Å². The summed E-state index contributed by atoms with van der Waals surface area (Å²) in [6, 6.07) is 5.65. The van der Waals surface area contributed by atoms with Gasteiger partial charge in [-0.25, -0.2) is 0 Å². The first-order chi connectivity index (χ1) is 10.4. The Balaban J connectivity index is 2.00. The minimum atomic E-state index is -0.482. The van der Waals surface area contributed by atoms with Gasteiger partial charge in [0.05, 0.1) is 0 Å². The van der Waals surface area contributed by atoms with Crippen molar-refractivity contribution < 1.29 is 14.3 Å². The lowest BCUT2D eigenvalue weighted by Crippen LogP contribution is -2.29. The third-order valence-electron chi connectivity index (χ3n) is 3.67. The molecule has 120 valence electrons. The number of nitrogens with one attached hydrogen (secondary N) is 1. The Labute approximate surface area is 131 Å². The van der Waals surface area contributed by atoms with Crippen LogP contribution in [-0.2, 0) is 20.7 Å². The monoisotopic (exact) mass is 304 g/mol. The number of carbonyl (C=O) groups excluding carboxylic acids is 2. The van der Waals surface area contributed by atoms with Crippen molar-refractivity contribution in [2.45, 2.75) is 40.2 Å². The van der Waals surface area contributed by atoms with Gasteiger partial charge in [-0.15, -0.1) is 0 Å². The molecule has 0 aliphatic carbocycles. The summed E-state index contributed by atoms with van der Waals surface area (Å²) in [6.45, 7) is 8.68. The molecule has 1 aliphatic heterocycles. The minimum absolute atomic E-state index is 0.0474. The fraction of sp³-hybridized carbons (Fsp3) is 0.529. The molecule has 1 aliphatic rings. The molecule has 0 fully saturated rings. The van der Waals surface area contributed by atoms with Gasteiger partial charge in [-0.2, -0.15) is 0 Å². The smallest absolute Gasteiger partial charge is 0.253 e. The number of hydrogen-bond acceptors (Lipinski definition) is 3. The molecule has 2 rings (SSSR count). The van der Waals surface area contributed by atoms with Crippen molar-refractivity contribution >= 4 is 23.2 Å². The number of hydrogen-bond donors (Lipinski definition) is 1. The fourth-order valence-corrected chi connectivity index (χ4v) is 2.46. The molecule has 5 heteroatoms. The first kappa shape index (κ1) is 16.5. The minimum Gasteiger partial charge on any atom is -0.368 e. The zero-order valence-corrected chi connectivity index (χ0v) is 13.7. The lowest BCUT2D eigenvalue weighted by atomic mass is 10.1. The number of nitrogens with zero attached hydrogens (tertiary/aromatic N) is 1. The van der Waals surface area contributed by atoms with Crippen LogP contribution in [0.2, 0.25) is 0 Å². The van der Waals surface area contributed by atoms with Crippen LogP contribution in [0.15, 0.2) is 18.2 Å². The predicted octanol–water partition coefficient (Wildman–Crippen LogP) is 2.60. The van der Waals surface area contributed by atoms with Gasteiger partial charge >= 0.3 is 0 Å². The molecule has 1 unspecified atom stereocenters. The lowest BCUT2D eigenvalue weighted by Gasteiger charge is -2.16. The molecular formula is C17H24N2O3. The first-order valence-electron chi connectivity index (χ1n) is 7.72. The Bertz CT molecular complexity index is 569. The highest BCUT2D eigenvalue weighted by Gasteiger charge is 2.22. The molecule has 0 saturated carbocycles. The summed E-state index contributed by atoms with van der Waals surface area (Å²) in [5.41, 5.74) is 2.77. The summed E-state index contributed by atoms with van der Waals surface area (Å²) >= 11 is 0. The molecule has 1 heterocycles. The van der Waals surface area contributed by atoms with Gasteiger partial charge in [-0.05, 0) is 43.0 Å². The molecule has 1 aromatic carbocycles. The zero-order chi connectivity index (χ0) is 16.3. The topological polar surface area (TPSA) is 58.6 Å². The van der Waals surface area contributed by atoms with Gasteiger partial charge in [0, 0.05) is 31.5 Å². The number of fused-ring (bicyclic) bond motifs is 1. The zero-order valence-electron chi connectivity index (χ0n) is 13.7. The molecule has 1 atom stereocenters. The Morgan fingerprint density at radius 3 is 2.68 bits per heavy atom. The summed E-state index contributed by atoms with van der Waals surface area (Å²) in [5.74, 6) is 0.293. The number of anilines is 2.